The first-order chi connectivity index (χ1) is 7.20. The average Bonchev–Trinajstić information content (AvgIpc) is 2.42. The Morgan fingerprint density at radius 1 is 1.67 bits per heavy atom. The highest BCUT2D eigenvalue weighted by molar-refractivity contribution is 9.10. The van der Waals surface area contributed by atoms with E-state index < -0.39 is 0 Å². The minimum atomic E-state index is 0.692. The zero-order chi connectivity index (χ0) is 10.8. The van der Waals surface area contributed by atoms with Crippen LogP contribution in [0.4, 0.5) is 0 Å². The lowest BCUT2D eigenvalue weighted by atomic mass is 10.1. The summed E-state index contributed by atoms with van der Waals surface area (Å²) >= 11 is 5.20. The summed E-state index contributed by atoms with van der Waals surface area (Å²) in [7, 11) is 3.88. The Kier molecular flexibility index (Phi) is 3.66. The highest BCUT2D eigenvalue weighted by Crippen LogP contribution is 2.35. The Hall–Kier alpha value is -0.100. The minimum absolute atomic E-state index is 0.692. The summed E-state index contributed by atoms with van der Waals surface area (Å²) < 4.78 is 6.31. The molecule has 5 heteroatoms. The van der Waals surface area contributed by atoms with Crippen molar-refractivity contribution in [3.63, 3.8) is 0 Å². The van der Waals surface area contributed by atoms with Crippen LogP contribution in [0, 0.1) is 0 Å². The number of thiophene rings is 1. The molecule has 0 saturated carbocycles. The predicted octanol–water partition coefficient (Wildman–Crippen LogP) is 1.92. The molecule has 0 atom stereocenters. The highest BCUT2D eigenvalue weighted by atomic mass is 79.9. The van der Waals surface area contributed by atoms with Crippen molar-refractivity contribution in [2.24, 2.45) is 0 Å². The number of ether oxygens (including phenoxy) is 1. The maximum Gasteiger partial charge on any atom is 0.188 e. The Bertz CT molecular complexity index is 338. The first-order valence-electron chi connectivity index (χ1n) is 4.94. The van der Waals surface area contributed by atoms with Gasteiger partial charge in [0.05, 0.1) is 11.6 Å². The molecule has 1 saturated heterocycles. The van der Waals surface area contributed by atoms with Crippen LogP contribution >= 0.6 is 27.3 Å². The number of nitrogens with zero attached hydrogens (tertiary/aromatic N) is 1. The van der Waals surface area contributed by atoms with E-state index in [0.29, 0.717) is 6.04 Å². The molecule has 0 unspecified atom stereocenters. The fraction of sp³-hybridized carbons (Fsp3) is 0.600. The molecule has 3 nitrogen and oxygen atoms in total. The van der Waals surface area contributed by atoms with Crippen LogP contribution in [0.1, 0.15) is 4.88 Å². The maximum atomic E-state index is 5.25. The van der Waals surface area contributed by atoms with Crippen LogP contribution in [0.3, 0.4) is 0 Å². The van der Waals surface area contributed by atoms with Crippen molar-refractivity contribution in [2.45, 2.75) is 12.6 Å². The summed E-state index contributed by atoms with van der Waals surface area (Å²) in [6.45, 7) is 3.22. The first-order valence-corrected chi connectivity index (χ1v) is 6.55. The van der Waals surface area contributed by atoms with Gasteiger partial charge in [-0.3, -0.25) is 4.90 Å². The molecule has 0 spiro atoms. The second kappa shape index (κ2) is 4.82. The number of rotatable bonds is 4. The first kappa shape index (κ1) is 11.4. The van der Waals surface area contributed by atoms with Gasteiger partial charge in [0.2, 0.25) is 0 Å². The molecule has 0 amide bonds. The number of halogens is 1. The van der Waals surface area contributed by atoms with Gasteiger partial charge in [0.15, 0.2) is 5.06 Å². The average molecular weight is 291 g/mol. The van der Waals surface area contributed by atoms with Gasteiger partial charge in [-0.15, -0.1) is 11.3 Å². The van der Waals surface area contributed by atoms with Crippen LogP contribution in [0.25, 0.3) is 0 Å². The molecule has 1 N–H and O–H groups in total. The third-order valence-electron chi connectivity index (χ3n) is 2.68. The van der Waals surface area contributed by atoms with E-state index in [-0.39, 0.29) is 0 Å². The fourth-order valence-corrected chi connectivity index (χ4v) is 3.33. The molecule has 1 aromatic rings. The molecule has 1 aliphatic rings. The molecule has 2 rings (SSSR count). The van der Waals surface area contributed by atoms with Gasteiger partial charge in [-0.2, -0.15) is 0 Å². The summed E-state index contributed by atoms with van der Waals surface area (Å²) in [5, 5.41) is 4.25. The topological polar surface area (TPSA) is 24.5 Å². The molecular weight excluding hydrogens is 276 g/mol. The van der Waals surface area contributed by atoms with Crippen LogP contribution in [0.15, 0.2) is 10.5 Å². The standard InChI is InChI=1S/C10H15BrN2OS/c1-13(7-4-12-5-7)6-8-3-9(11)10(14-2)15-8/h3,7,12H,4-6H2,1-2H3. The van der Waals surface area contributed by atoms with Crippen molar-refractivity contribution in [1.29, 1.82) is 0 Å². The number of nitrogens with one attached hydrogen (secondary N) is 1. The summed E-state index contributed by atoms with van der Waals surface area (Å²) in [5.41, 5.74) is 0. The molecular formula is C10H15BrN2OS. The normalized spacial score (nSPS) is 16.8. The number of hydrogen-bond acceptors (Lipinski definition) is 4. The van der Waals surface area contributed by atoms with Crippen molar-refractivity contribution in [3.05, 3.63) is 15.4 Å². The lowest BCUT2D eigenvalue weighted by Crippen LogP contribution is -2.55. The van der Waals surface area contributed by atoms with Gasteiger partial charge < -0.3 is 10.1 Å². The number of hydrogen-bond donors (Lipinski definition) is 1. The van der Waals surface area contributed by atoms with E-state index >= 15 is 0 Å². The lowest BCUT2D eigenvalue weighted by molar-refractivity contribution is 0.174. The summed E-state index contributed by atoms with van der Waals surface area (Å²) in [5.74, 6) is 0. The Morgan fingerprint density at radius 3 is 2.87 bits per heavy atom. The van der Waals surface area contributed by atoms with E-state index in [4.69, 9.17) is 4.74 Å². The van der Waals surface area contributed by atoms with Gasteiger partial charge in [0, 0.05) is 30.6 Å². The quantitative estimate of drug-likeness (QED) is 0.917. The van der Waals surface area contributed by atoms with Gasteiger partial charge in [0.25, 0.3) is 0 Å². The smallest absolute Gasteiger partial charge is 0.188 e. The Balaban J connectivity index is 1.97. The van der Waals surface area contributed by atoms with E-state index in [1.54, 1.807) is 18.4 Å². The SMILES string of the molecule is COc1sc(CN(C)C2CNC2)cc1Br. The van der Waals surface area contributed by atoms with Gasteiger partial charge >= 0.3 is 0 Å². The molecule has 0 radical (unpaired) electrons. The van der Waals surface area contributed by atoms with Crippen molar-refractivity contribution in [2.75, 3.05) is 27.2 Å². The fourth-order valence-electron chi connectivity index (χ4n) is 1.57. The molecule has 84 valence electrons. The molecule has 0 aromatic carbocycles. The molecule has 2 heterocycles. The zero-order valence-electron chi connectivity index (χ0n) is 8.92. The van der Waals surface area contributed by atoms with E-state index in [2.05, 4.69) is 39.3 Å². The molecule has 1 aliphatic heterocycles. The summed E-state index contributed by atoms with van der Waals surface area (Å²) in [6, 6.07) is 2.84. The number of methoxy groups -OCH3 is 1. The highest BCUT2D eigenvalue weighted by Gasteiger charge is 2.22. The monoisotopic (exact) mass is 290 g/mol. The lowest BCUT2D eigenvalue weighted by Gasteiger charge is -2.35. The van der Waals surface area contributed by atoms with Crippen molar-refractivity contribution >= 4 is 27.3 Å². The maximum absolute atomic E-state index is 5.25. The second-order valence-electron chi connectivity index (χ2n) is 3.78. The van der Waals surface area contributed by atoms with E-state index in [1.807, 2.05) is 0 Å². The van der Waals surface area contributed by atoms with Crippen LogP contribution in [-0.4, -0.2) is 38.2 Å². The molecule has 15 heavy (non-hydrogen) atoms. The largest absolute Gasteiger partial charge is 0.486 e. The van der Waals surface area contributed by atoms with Crippen LogP contribution < -0.4 is 10.1 Å². The van der Waals surface area contributed by atoms with E-state index in [1.165, 1.54) is 4.88 Å². The van der Waals surface area contributed by atoms with E-state index in [0.717, 1.165) is 29.2 Å². The predicted molar refractivity (Wildman–Crippen MR) is 66.7 cm³/mol. The molecule has 1 fully saturated rings. The summed E-state index contributed by atoms with van der Waals surface area (Å²) in [6.07, 6.45) is 0. The molecule has 0 aliphatic carbocycles. The van der Waals surface area contributed by atoms with Gasteiger partial charge in [-0.1, -0.05) is 0 Å². The Morgan fingerprint density at radius 2 is 2.40 bits per heavy atom. The summed E-state index contributed by atoms with van der Waals surface area (Å²) in [4.78, 5) is 3.72. The van der Waals surface area contributed by atoms with Gasteiger partial charge in [-0.25, -0.2) is 0 Å². The third-order valence-corrected chi connectivity index (χ3v) is 4.61. The van der Waals surface area contributed by atoms with Crippen molar-refractivity contribution in [1.82, 2.24) is 10.2 Å². The van der Waals surface area contributed by atoms with E-state index in [9.17, 15) is 0 Å². The van der Waals surface area contributed by atoms with Gasteiger partial charge in [0.1, 0.15) is 0 Å². The van der Waals surface area contributed by atoms with Crippen molar-refractivity contribution < 1.29 is 4.74 Å². The minimum Gasteiger partial charge on any atom is -0.486 e. The van der Waals surface area contributed by atoms with Crippen LogP contribution in [0.5, 0.6) is 5.06 Å². The van der Waals surface area contributed by atoms with Crippen LogP contribution in [0.2, 0.25) is 0 Å². The molecule has 0 bridgehead atoms. The molecule has 1 aromatic heterocycles. The second-order valence-corrected chi connectivity index (χ2v) is 5.73. The van der Waals surface area contributed by atoms with Crippen LogP contribution in [-0.2, 0) is 6.54 Å². The van der Waals surface area contributed by atoms with Gasteiger partial charge in [-0.05, 0) is 29.0 Å². The van der Waals surface area contributed by atoms with Crippen molar-refractivity contribution in [3.8, 4) is 5.06 Å². The third kappa shape index (κ3) is 2.53. The Labute approximate surface area is 103 Å². The number of likely N-dealkylation sites (N-methyl/N-ethyl adjacent to an activating group) is 1. The zero-order valence-corrected chi connectivity index (χ0v) is 11.3.